The molecule has 1 saturated heterocycles. The molecule has 0 radical (unpaired) electrons. The summed E-state index contributed by atoms with van der Waals surface area (Å²) >= 11 is 0. The van der Waals surface area contributed by atoms with Gasteiger partial charge in [0, 0.05) is 54.5 Å². The van der Waals surface area contributed by atoms with Gasteiger partial charge in [-0.1, -0.05) is 36.4 Å². The van der Waals surface area contributed by atoms with Crippen molar-refractivity contribution in [2.24, 2.45) is 0 Å². The quantitative estimate of drug-likeness (QED) is 0.289. The van der Waals surface area contributed by atoms with E-state index in [4.69, 9.17) is 4.74 Å². The Morgan fingerprint density at radius 1 is 0.854 bits per heavy atom. The van der Waals surface area contributed by atoms with E-state index < -0.39 is 16.1 Å². The number of urea groups is 1. The minimum atomic E-state index is -3.96. The van der Waals surface area contributed by atoms with E-state index in [1.54, 1.807) is 90.1 Å². The number of amides is 3. The normalized spacial score (nSPS) is 13.3. The summed E-state index contributed by atoms with van der Waals surface area (Å²) in [5.74, 6) is -0.0775. The zero-order chi connectivity index (χ0) is 28.7. The summed E-state index contributed by atoms with van der Waals surface area (Å²) in [4.78, 5) is 30.9. The molecule has 3 amide bonds. The van der Waals surface area contributed by atoms with Gasteiger partial charge in [0.15, 0.2) is 0 Å². The van der Waals surface area contributed by atoms with Gasteiger partial charge in [-0.05, 0) is 59.7 Å². The van der Waals surface area contributed by atoms with Crippen LogP contribution < -0.4 is 15.4 Å². The van der Waals surface area contributed by atoms with Crippen LogP contribution in [0, 0.1) is 0 Å². The zero-order valence-electron chi connectivity index (χ0n) is 22.1. The molecule has 1 fully saturated rings. The van der Waals surface area contributed by atoms with Crippen molar-refractivity contribution in [1.29, 1.82) is 0 Å². The van der Waals surface area contributed by atoms with E-state index in [0.717, 1.165) is 5.56 Å². The summed E-state index contributed by atoms with van der Waals surface area (Å²) < 4.78 is 34.7. The maximum Gasteiger partial charge on any atom is 0.319 e. The number of anilines is 2. The Hall–Kier alpha value is -4.74. The molecule has 0 spiro atoms. The Morgan fingerprint density at radius 2 is 1.56 bits per heavy atom. The van der Waals surface area contributed by atoms with Gasteiger partial charge in [0.2, 0.25) is 0 Å². The van der Waals surface area contributed by atoms with Gasteiger partial charge < -0.3 is 20.3 Å². The number of aromatic nitrogens is 1. The summed E-state index contributed by atoms with van der Waals surface area (Å²) in [7, 11) is -3.96. The van der Waals surface area contributed by atoms with Crippen molar-refractivity contribution in [3.05, 3.63) is 108 Å². The molecule has 5 rings (SSSR count). The molecule has 10 nitrogen and oxygen atoms in total. The first-order valence-corrected chi connectivity index (χ1v) is 14.5. The molecule has 0 aliphatic carbocycles. The number of hydrogen-bond acceptors (Lipinski definition) is 6. The van der Waals surface area contributed by atoms with E-state index in [-0.39, 0.29) is 10.8 Å². The van der Waals surface area contributed by atoms with Crippen molar-refractivity contribution < 1.29 is 22.7 Å². The lowest BCUT2D eigenvalue weighted by Gasteiger charge is -2.26. The van der Waals surface area contributed by atoms with Crippen LogP contribution in [0.1, 0.15) is 15.9 Å². The molecule has 3 N–H and O–H groups in total. The number of pyridine rings is 1. The van der Waals surface area contributed by atoms with Crippen LogP contribution in [0.4, 0.5) is 16.2 Å². The first-order chi connectivity index (χ1) is 19.9. The number of benzene rings is 3. The number of sulfonamides is 1. The van der Waals surface area contributed by atoms with E-state index >= 15 is 0 Å². The van der Waals surface area contributed by atoms with E-state index in [0.29, 0.717) is 60.9 Å². The monoisotopic (exact) mass is 571 g/mol. The second kappa shape index (κ2) is 12.6. The highest BCUT2D eigenvalue weighted by molar-refractivity contribution is 7.92. The molecule has 11 heteroatoms. The number of carbonyl (C=O) groups is 2. The van der Waals surface area contributed by atoms with E-state index in [1.165, 1.54) is 6.07 Å². The highest BCUT2D eigenvalue weighted by Gasteiger charge is 2.21. The molecule has 1 aliphatic heterocycles. The molecule has 0 atom stereocenters. The molecule has 41 heavy (non-hydrogen) atoms. The van der Waals surface area contributed by atoms with Crippen LogP contribution >= 0.6 is 0 Å². The summed E-state index contributed by atoms with van der Waals surface area (Å²) in [6.07, 6.45) is 3.33. The van der Waals surface area contributed by atoms with Gasteiger partial charge in [-0.2, -0.15) is 0 Å². The largest absolute Gasteiger partial charge is 0.378 e. The molecule has 1 aliphatic rings. The van der Waals surface area contributed by atoms with Crippen molar-refractivity contribution in [3.8, 4) is 11.1 Å². The lowest BCUT2D eigenvalue weighted by Crippen LogP contribution is -2.40. The number of carbonyl (C=O) groups excluding carboxylic acids is 2. The van der Waals surface area contributed by atoms with Gasteiger partial charge in [-0.3, -0.25) is 14.5 Å². The Labute approximate surface area is 238 Å². The van der Waals surface area contributed by atoms with Crippen LogP contribution in [0.5, 0.6) is 0 Å². The molecular formula is C30H29N5O5S. The topological polar surface area (TPSA) is 130 Å². The van der Waals surface area contributed by atoms with Crippen molar-refractivity contribution in [2.75, 3.05) is 36.3 Å². The Balaban J connectivity index is 1.25. The maximum atomic E-state index is 13.4. The minimum Gasteiger partial charge on any atom is -0.378 e. The van der Waals surface area contributed by atoms with Crippen LogP contribution in [-0.2, 0) is 21.3 Å². The van der Waals surface area contributed by atoms with Crippen LogP contribution in [0.15, 0.2) is 102 Å². The van der Waals surface area contributed by atoms with E-state index in [9.17, 15) is 18.0 Å². The van der Waals surface area contributed by atoms with Crippen LogP contribution in [0.3, 0.4) is 0 Å². The van der Waals surface area contributed by atoms with Gasteiger partial charge >= 0.3 is 6.03 Å². The third kappa shape index (κ3) is 7.07. The van der Waals surface area contributed by atoms with Crippen LogP contribution in [0.2, 0.25) is 0 Å². The summed E-state index contributed by atoms with van der Waals surface area (Å²) in [5, 5.41) is 5.46. The van der Waals surface area contributed by atoms with Gasteiger partial charge in [0.05, 0.1) is 18.1 Å². The Kier molecular flexibility index (Phi) is 8.56. The van der Waals surface area contributed by atoms with E-state index in [2.05, 4.69) is 20.3 Å². The molecule has 0 unspecified atom stereocenters. The van der Waals surface area contributed by atoms with Gasteiger partial charge in [-0.15, -0.1) is 0 Å². The standard InChI is InChI=1S/C30H29N5O5S/c36-29(35-16-18-40-19-17-35)24-9-7-23(8-10-24)27-5-1-2-6-28(27)41(38,39)34-26-13-11-25(12-14-26)33-30(37)32-21-22-4-3-15-31-20-22/h1-15,20,34H,16-19,21H2,(H2,32,33,37). The van der Waals surface area contributed by atoms with Crippen molar-refractivity contribution in [3.63, 3.8) is 0 Å². The Morgan fingerprint density at radius 3 is 2.27 bits per heavy atom. The number of ether oxygens (including phenoxy) is 1. The van der Waals surface area contributed by atoms with E-state index in [1.807, 2.05) is 6.07 Å². The first-order valence-electron chi connectivity index (χ1n) is 13.0. The lowest BCUT2D eigenvalue weighted by molar-refractivity contribution is 0.0303. The maximum absolute atomic E-state index is 13.4. The highest BCUT2D eigenvalue weighted by Crippen LogP contribution is 2.29. The average molecular weight is 572 g/mol. The smallest absolute Gasteiger partial charge is 0.319 e. The number of nitrogens with one attached hydrogen (secondary N) is 3. The van der Waals surface area contributed by atoms with Gasteiger partial charge in [0.25, 0.3) is 15.9 Å². The zero-order valence-corrected chi connectivity index (χ0v) is 22.9. The molecule has 1 aromatic heterocycles. The van der Waals surface area contributed by atoms with Gasteiger partial charge in [0.1, 0.15) is 0 Å². The number of morpholine rings is 1. The van der Waals surface area contributed by atoms with Crippen LogP contribution in [-0.4, -0.2) is 56.5 Å². The van der Waals surface area contributed by atoms with Crippen molar-refractivity contribution in [1.82, 2.24) is 15.2 Å². The second-order valence-electron chi connectivity index (χ2n) is 9.33. The number of rotatable bonds is 8. The van der Waals surface area contributed by atoms with Crippen molar-refractivity contribution in [2.45, 2.75) is 11.4 Å². The number of hydrogen-bond donors (Lipinski definition) is 3. The fourth-order valence-corrected chi connectivity index (χ4v) is 5.66. The average Bonchev–Trinajstić information content (AvgIpc) is 3.01. The summed E-state index contributed by atoms with van der Waals surface area (Å²) in [5.41, 5.74) is 3.42. The predicted octanol–water partition coefficient (Wildman–Crippen LogP) is 4.34. The third-order valence-electron chi connectivity index (χ3n) is 6.49. The van der Waals surface area contributed by atoms with Gasteiger partial charge in [-0.25, -0.2) is 13.2 Å². The molecular weight excluding hydrogens is 542 g/mol. The second-order valence-corrected chi connectivity index (χ2v) is 11.0. The summed E-state index contributed by atoms with van der Waals surface area (Å²) in [6.45, 7) is 2.45. The minimum absolute atomic E-state index is 0.0775. The molecule has 210 valence electrons. The van der Waals surface area contributed by atoms with Crippen LogP contribution in [0.25, 0.3) is 11.1 Å². The Bertz CT molecular complexity index is 1610. The fourth-order valence-electron chi connectivity index (χ4n) is 4.37. The predicted molar refractivity (Wildman–Crippen MR) is 156 cm³/mol. The molecule has 0 saturated carbocycles. The number of nitrogens with zero attached hydrogens (tertiary/aromatic N) is 2. The fraction of sp³-hybridized carbons (Fsp3) is 0.167. The first kappa shape index (κ1) is 27.8. The SMILES string of the molecule is O=C(NCc1cccnc1)Nc1ccc(NS(=O)(=O)c2ccccc2-c2ccc(C(=O)N3CCOCC3)cc2)cc1. The molecule has 2 heterocycles. The van der Waals surface area contributed by atoms with Crippen molar-refractivity contribution >= 4 is 33.3 Å². The molecule has 0 bridgehead atoms. The summed E-state index contributed by atoms with van der Waals surface area (Å²) in [6, 6.07) is 23.2. The highest BCUT2D eigenvalue weighted by atomic mass is 32.2. The third-order valence-corrected chi connectivity index (χ3v) is 7.93. The lowest BCUT2D eigenvalue weighted by atomic mass is 10.0. The molecule has 3 aromatic carbocycles. The molecule has 4 aromatic rings.